The molecule has 1 aromatic heterocycles. The first-order chi connectivity index (χ1) is 4.38. The van der Waals surface area contributed by atoms with E-state index in [0.29, 0.717) is 12.0 Å². The monoisotopic (exact) mass is 122 g/mol. The quantitative estimate of drug-likeness (QED) is 0.569. The molecule has 2 rings (SSSR count). The molecule has 0 radical (unpaired) electrons. The van der Waals surface area contributed by atoms with Crippen LogP contribution in [0.15, 0.2) is 18.5 Å². The number of aromatic nitrogens is 1. The average molecular weight is 122 g/mol. The maximum absolute atomic E-state index is 5.64. The third kappa shape index (κ3) is 0.754. The molecule has 1 aromatic rings. The summed E-state index contributed by atoms with van der Waals surface area (Å²) >= 11 is 0. The molecule has 0 amide bonds. The third-order valence-electron chi connectivity index (χ3n) is 1.89. The van der Waals surface area contributed by atoms with E-state index in [-0.39, 0.29) is 0 Å². The van der Waals surface area contributed by atoms with E-state index >= 15 is 0 Å². The van der Waals surface area contributed by atoms with Gasteiger partial charge in [-0.05, 0) is 18.1 Å². The fraction of sp³-hybridized carbons (Fsp3) is 0.429. The molecule has 1 saturated carbocycles. The number of rotatable bonds is 1. The highest BCUT2D eigenvalue weighted by atomic mass is 14.8. The second-order valence-corrected chi connectivity index (χ2v) is 2.65. The Bertz CT molecular complexity index is 191. The van der Waals surface area contributed by atoms with Gasteiger partial charge in [0, 0.05) is 24.4 Å². The molecule has 2 nitrogen and oxygen atoms in total. The minimum Gasteiger partial charge on any atom is -0.367 e. The van der Waals surface area contributed by atoms with E-state index in [4.69, 9.17) is 5.73 Å². The lowest BCUT2D eigenvalue weighted by Crippen LogP contribution is -1.99. The second-order valence-electron chi connectivity index (χ2n) is 2.65. The fourth-order valence-corrected chi connectivity index (χ4v) is 1.17. The van der Waals surface area contributed by atoms with Crippen molar-refractivity contribution in [2.75, 3.05) is 0 Å². The molecule has 0 aromatic carbocycles. The number of aromatic amines is 1. The lowest BCUT2D eigenvalue weighted by molar-refractivity contribution is 0.992. The Morgan fingerprint density at radius 2 is 2.44 bits per heavy atom. The molecule has 0 spiro atoms. The summed E-state index contributed by atoms with van der Waals surface area (Å²) in [6.45, 7) is 0. The number of hydrogen-bond acceptors (Lipinski definition) is 1. The van der Waals surface area contributed by atoms with E-state index in [9.17, 15) is 0 Å². The van der Waals surface area contributed by atoms with Gasteiger partial charge in [0.05, 0.1) is 0 Å². The highest BCUT2D eigenvalue weighted by molar-refractivity contribution is 5.24. The minimum atomic E-state index is 0.431. The van der Waals surface area contributed by atoms with Gasteiger partial charge < -0.3 is 10.7 Å². The number of nitrogens with two attached hydrogens (primary N) is 1. The van der Waals surface area contributed by atoms with Crippen LogP contribution in [0.5, 0.6) is 0 Å². The molecule has 0 saturated heterocycles. The molecule has 48 valence electrons. The Hall–Kier alpha value is -0.760. The Labute approximate surface area is 54.1 Å². The Balaban J connectivity index is 2.18. The summed E-state index contributed by atoms with van der Waals surface area (Å²) in [6, 6.07) is 2.53. The van der Waals surface area contributed by atoms with Crippen LogP contribution in [0.25, 0.3) is 0 Å². The normalized spacial score (nSPS) is 32.6. The van der Waals surface area contributed by atoms with E-state index in [1.165, 1.54) is 5.56 Å². The molecule has 9 heavy (non-hydrogen) atoms. The minimum absolute atomic E-state index is 0.431. The summed E-state index contributed by atoms with van der Waals surface area (Å²) in [5, 5.41) is 0. The first kappa shape index (κ1) is 5.06. The van der Waals surface area contributed by atoms with Crippen LogP contribution in [0.1, 0.15) is 17.9 Å². The van der Waals surface area contributed by atoms with Gasteiger partial charge in [0.15, 0.2) is 0 Å². The Morgan fingerprint density at radius 3 is 2.89 bits per heavy atom. The maximum Gasteiger partial charge on any atom is 0.0115 e. The van der Waals surface area contributed by atoms with E-state index in [0.717, 1.165) is 6.42 Å². The van der Waals surface area contributed by atoms with Crippen molar-refractivity contribution < 1.29 is 0 Å². The van der Waals surface area contributed by atoms with Crippen LogP contribution in [0, 0.1) is 0 Å². The molecule has 1 aliphatic rings. The lowest BCUT2D eigenvalue weighted by atomic mass is 10.2. The molecule has 1 fully saturated rings. The standard InChI is InChI=1S/C7H10N2/c8-7-3-6(7)5-1-2-9-4-5/h1-2,4,6-7,9H,3,8H2/t6-,7+/m0/s1. The topological polar surface area (TPSA) is 41.8 Å². The second kappa shape index (κ2) is 1.61. The van der Waals surface area contributed by atoms with Crippen molar-refractivity contribution in [3.05, 3.63) is 24.0 Å². The smallest absolute Gasteiger partial charge is 0.0115 e. The predicted octanol–water partition coefficient (Wildman–Crippen LogP) is 0.829. The molecule has 1 aliphatic carbocycles. The molecule has 0 unspecified atom stereocenters. The highest BCUT2D eigenvalue weighted by Gasteiger charge is 2.34. The zero-order valence-electron chi connectivity index (χ0n) is 5.17. The van der Waals surface area contributed by atoms with Gasteiger partial charge in [-0.1, -0.05) is 0 Å². The lowest BCUT2D eigenvalue weighted by Gasteiger charge is -1.86. The summed E-state index contributed by atoms with van der Waals surface area (Å²) in [6.07, 6.45) is 5.13. The van der Waals surface area contributed by atoms with Gasteiger partial charge in [0.1, 0.15) is 0 Å². The van der Waals surface area contributed by atoms with Gasteiger partial charge in [0.25, 0.3) is 0 Å². The Morgan fingerprint density at radius 1 is 1.67 bits per heavy atom. The zero-order chi connectivity index (χ0) is 6.27. The van der Waals surface area contributed by atoms with Crippen LogP contribution in [-0.2, 0) is 0 Å². The van der Waals surface area contributed by atoms with E-state index in [1.807, 2.05) is 12.4 Å². The molecule has 2 heteroatoms. The van der Waals surface area contributed by atoms with Crippen molar-refractivity contribution in [2.45, 2.75) is 18.4 Å². The number of hydrogen-bond donors (Lipinski definition) is 2. The molecular weight excluding hydrogens is 112 g/mol. The number of nitrogens with one attached hydrogen (secondary N) is 1. The van der Waals surface area contributed by atoms with Crippen LogP contribution < -0.4 is 5.73 Å². The molecule has 1 heterocycles. The molecule has 3 N–H and O–H groups in total. The fourth-order valence-electron chi connectivity index (χ4n) is 1.17. The summed E-state index contributed by atoms with van der Waals surface area (Å²) in [7, 11) is 0. The summed E-state index contributed by atoms with van der Waals surface area (Å²) in [5.41, 5.74) is 7.01. The van der Waals surface area contributed by atoms with Crippen molar-refractivity contribution in [1.29, 1.82) is 0 Å². The van der Waals surface area contributed by atoms with Gasteiger partial charge in [-0.25, -0.2) is 0 Å². The zero-order valence-corrected chi connectivity index (χ0v) is 5.17. The van der Waals surface area contributed by atoms with Crippen LogP contribution in [0.3, 0.4) is 0 Å². The van der Waals surface area contributed by atoms with Gasteiger partial charge in [0.2, 0.25) is 0 Å². The van der Waals surface area contributed by atoms with Gasteiger partial charge >= 0.3 is 0 Å². The van der Waals surface area contributed by atoms with Crippen LogP contribution in [0.4, 0.5) is 0 Å². The SMILES string of the molecule is N[C@@H]1C[C@H]1c1cc[nH]c1. The highest BCUT2D eigenvalue weighted by Crippen LogP contribution is 2.38. The van der Waals surface area contributed by atoms with Crippen molar-refractivity contribution in [3.8, 4) is 0 Å². The number of H-pyrrole nitrogens is 1. The van der Waals surface area contributed by atoms with Crippen molar-refractivity contribution in [2.24, 2.45) is 5.73 Å². The third-order valence-corrected chi connectivity index (χ3v) is 1.89. The summed E-state index contributed by atoms with van der Waals surface area (Å²) < 4.78 is 0. The van der Waals surface area contributed by atoms with Crippen molar-refractivity contribution in [1.82, 2.24) is 4.98 Å². The summed E-state index contributed by atoms with van der Waals surface area (Å²) in [4.78, 5) is 3.02. The van der Waals surface area contributed by atoms with Gasteiger partial charge in [-0.3, -0.25) is 0 Å². The maximum atomic E-state index is 5.64. The van der Waals surface area contributed by atoms with Crippen LogP contribution in [-0.4, -0.2) is 11.0 Å². The first-order valence-corrected chi connectivity index (χ1v) is 3.26. The molecular formula is C7H10N2. The van der Waals surface area contributed by atoms with E-state index < -0.39 is 0 Å². The molecule has 2 atom stereocenters. The molecule has 0 bridgehead atoms. The first-order valence-electron chi connectivity index (χ1n) is 3.26. The van der Waals surface area contributed by atoms with Gasteiger partial charge in [-0.2, -0.15) is 0 Å². The molecule has 0 aliphatic heterocycles. The average Bonchev–Trinajstić information content (AvgIpc) is 2.44. The summed E-state index contributed by atoms with van der Waals surface area (Å²) in [5.74, 6) is 0.649. The van der Waals surface area contributed by atoms with Crippen molar-refractivity contribution >= 4 is 0 Å². The van der Waals surface area contributed by atoms with Crippen molar-refractivity contribution in [3.63, 3.8) is 0 Å². The largest absolute Gasteiger partial charge is 0.367 e. The van der Waals surface area contributed by atoms with E-state index in [1.54, 1.807) is 0 Å². The van der Waals surface area contributed by atoms with Crippen LogP contribution in [0.2, 0.25) is 0 Å². The predicted molar refractivity (Wildman–Crippen MR) is 36.1 cm³/mol. The Kier molecular flexibility index (Phi) is 0.904. The van der Waals surface area contributed by atoms with Crippen LogP contribution >= 0.6 is 0 Å². The van der Waals surface area contributed by atoms with E-state index in [2.05, 4.69) is 11.1 Å². The van der Waals surface area contributed by atoms with Gasteiger partial charge in [-0.15, -0.1) is 0 Å².